The highest BCUT2D eigenvalue weighted by molar-refractivity contribution is 6.31. The molecule has 1 aromatic rings. The van der Waals surface area contributed by atoms with Crippen LogP contribution in [0.2, 0.25) is 5.02 Å². The van der Waals surface area contributed by atoms with E-state index in [9.17, 15) is 5.11 Å². The zero-order chi connectivity index (χ0) is 13.7. The number of allylic oxidation sites excluding steroid dienone is 5. The van der Waals surface area contributed by atoms with Crippen molar-refractivity contribution in [2.75, 3.05) is 0 Å². The zero-order valence-corrected chi connectivity index (χ0v) is 11.7. The second kappa shape index (κ2) is 6.53. The number of hydrogen-bond donors (Lipinski definition) is 1. The standard InChI is InChI=1S/C15H18ClNO/c1-5-6-12(7-10(2)3)13-8-17-9-14(16)15(13)11(4)18/h5-9,11,18H,1H2,2-4H3/b12-6+. The molecule has 0 spiro atoms. The van der Waals surface area contributed by atoms with Crippen LogP contribution >= 0.6 is 11.6 Å². The molecule has 1 N–H and O–H groups in total. The van der Waals surface area contributed by atoms with Crippen LogP contribution in [0.5, 0.6) is 0 Å². The van der Waals surface area contributed by atoms with Crippen LogP contribution in [0.3, 0.4) is 0 Å². The van der Waals surface area contributed by atoms with Crippen molar-refractivity contribution in [3.63, 3.8) is 0 Å². The maximum Gasteiger partial charge on any atom is 0.0783 e. The van der Waals surface area contributed by atoms with Crippen molar-refractivity contribution in [2.45, 2.75) is 26.9 Å². The van der Waals surface area contributed by atoms with Gasteiger partial charge in [-0.2, -0.15) is 0 Å². The Morgan fingerprint density at radius 2 is 2.11 bits per heavy atom. The minimum Gasteiger partial charge on any atom is -0.389 e. The lowest BCUT2D eigenvalue weighted by Crippen LogP contribution is -2.00. The van der Waals surface area contributed by atoms with Gasteiger partial charge in [-0.15, -0.1) is 0 Å². The van der Waals surface area contributed by atoms with E-state index in [2.05, 4.69) is 11.6 Å². The van der Waals surface area contributed by atoms with Gasteiger partial charge in [0.05, 0.1) is 11.1 Å². The van der Waals surface area contributed by atoms with Crippen LogP contribution in [0.25, 0.3) is 5.57 Å². The van der Waals surface area contributed by atoms with Crippen molar-refractivity contribution in [3.05, 3.63) is 58.9 Å². The molecule has 0 aliphatic carbocycles. The molecule has 1 heterocycles. The van der Waals surface area contributed by atoms with Crippen molar-refractivity contribution in [3.8, 4) is 0 Å². The third-order valence-corrected chi connectivity index (χ3v) is 2.71. The molecular formula is C15H18ClNO. The van der Waals surface area contributed by atoms with Crippen LogP contribution in [0, 0.1) is 0 Å². The average molecular weight is 264 g/mol. The summed E-state index contributed by atoms with van der Waals surface area (Å²) >= 11 is 6.11. The summed E-state index contributed by atoms with van der Waals surface area (Å²) < 4.78 is 0. The Kier molecular flexibility index (Phi) is 5.32. The van der Waals surface area contributed by atoms with Gasteiger partial charge in [-0.25, -0.2) is 0 Å². The Labute approximate surface area is 113 Å². The number of aliphatic hydroxyl groups excluding tert-OH is 1. The van der Waals surface area contributed by atoms with E-state index < -0.39 is 6.10 Å². The molecule has 0 aromatic carbocycles. The molecule has 1 rings (SSSR count). The normalized spacial score (nSPS) is 13.1. The highest BCUT2D eigenvalue weighted by Crippen LogP contribution is 2.31. The molecule has 1 unspecified atom stereocenters. The first-order valence-corrected chi connectivity index (χ1v) is 6.14. The molecule has 2 nitrogen and oxygen atoms in total. The monoisotopic (exact) mass is 263 g/mol. The van der Waals surface area contributed by atoms with Crippen LogP contribution in [0.4, 0.5) is 0 Å². The molecule has 1 atom stereocenters. The van der Waals surface area contributed by atoms with Gasteiger partial charge in [0.2, 0.25) is 0 Å². The van der Waals surface area contributed by atoms with Crippen LogP contribution < -0.4 is 0 Å². The second-order valence-corrected chi connectivity index (χ2v) is 4.75. The predicted octanol–water partition coefficient (Wildman–Crippen LogP) is 4.32. The number of halogens is 1. The third-order valence-electron chi connectivity index (χ3n) is 2.41. The molecule has 0 radical (unpaired) electrons. The first kappa shape index (κ1) is 14.7. The topological polar surface area (TPSA) is 33.1 Å². The van der Waals surface area contributed by atoms with Gasteiger partial charge in [0.1, 0.15) is 0 Å². The first-order valence-electron chi connectivity index (χ1n) is 5.76. The molecule has 0 aliphatic rings. The zero-order valence-electron chi connectivity index (χ0n) is 10.9. The van der Waals surface area contributed by atoms with Gasteiger partial charge < -0.3 is 5.11 Å². The van der Waals surface area contributed by atoms with Gasteiger partial charge >= 0.3 is 0 Å². The molecular weight excluding hydrogens is 246 g/mol. The number of nitrogens with zero attached hydrogens (tertiary/aromatic N) is 1. The van der Waals surface area contributed by atoms with Crippen molar-refractivity contribution in [2.24, 2.45) is 0 Å². The number of aromatic nitrogens is 1. The Bertz CT molecular complexity index is 497. The highest BCUT2D eigenvalue weighted by atomic mass is 35.5. The molecule has 96 valence electrons. The fourth-order valence-electron chi connectivity index (χ4n) is 1.75. The van der Waals surface area contributed by atoms with Gasteiger partial charge in [0.25, 0.3) is 0 Å². The molecule has 0 saturated carbocycles. The highest BCUT2D eigenvalue weighted by Gasteiger charge is 2.14. The second-order valence-electron chi connectivity index (χ2n) is 4.34. The van der Waals surface area contributed by atoms with Crippen molar-refractivity contribution in [1.29, 1.82) is 0 Å². The van der Waals surface area contributed by atoms with Crippen molar-refractivity contribution in [1.82, 2.24) is 4.98 Å². The number of rotatable bonds is 4. The van der Waals surface area contributed by atoms with Gasteiger partial charge in [-0.1, -0.05) is 42.0 Å². The van der Waals surface area contributed by atoms with Gasteiger partial charge in [-0.3, -0.25) is 4.98 Å². The molecule has 0 aliphatic heterocycles. The molecule has 1 aromatic heterocycles. The van der Waals surface area contributed by atoms with E-state index in [-0.39, 0.29) is 0 Å². The quantitative estimate of drug-likeness (QED) is 0.821. The molecule has 0 saturated heterocycles. The van der Waals surface area contributed by atoms with E-state index in [1.54, 1.807) is 25.4 Å². The van der Waals surface area contributed by atoms with Crippen molar-refractivity contribution >= 4 is 17.2 Å². The third kappa shape index (κ3) is 3.56. The Balaban J connectivity index is 3.47. The molecule has 0 bridgehead atoms. The van der Waals surface area contributed by atoms with E-state index in [0.29, 0.717) is 10.6 Å². The average Bonchev–Trinajstić information content (AvgIpc) is 2.27. The Morgan fingerprint density at radius 1 is 1.44 bits per heavy atom. The van der Waals surface area contributed by atoms with Crippen LogP contribution in [0.1, 0.15) is 38.0 Å². The van der Waals surface area contributed by atoms with Gasteiger partial charge in [-0.05, 0) is 26.3 Å². The van der Waals surface area contributed by atoms with Crippen LogP contribution in [-0.4, -0.2) is 10.1 Å². The fraction of sp³-hybridized carbons (Fsp3) is 0.267. The molecule has 18 heavy (non-hydrogen) atoms. The summed E-state index contributed by atoms with van der Waals surface area (Å²) in [7, 11) is 0. The molecule has 0 amide bonds. The lowest BCUT2D eigenvalue weighted by atomic mass is 9.97. The van der Waals surface area contributed by atoms with Crippen LogP contribution in [0.15, 0.2) is 42.8 Å². The molecule has 3 heteroatoms. The SMILES string of the molecule is C=C/C=C(\C=C(C)C)c1cncc(Cl)c1C(C)O. The lowest BCUT2D eigenvalue weighted by molar-refractivity contribution is 0.199. The minimum absolute atomic E-state index is 0.472. The van der Waals surface area contributed by atoms with E-state index in [1.165, 1.54) is 0 Å². The Hall–Kier alpha value is -1.38. The maximum atomic E-state index is 9.85. The smallest absolute Gasteiger partial charge is 0.0783 e. The summed E-state index contributed by atoms with van der Waals surface area (Å²) in [5, 5.41) is 10.3. The summed E-state index contributed by atoms with van der Waals surface area (Å²) in [5.74, 6) is 0. The predicted molar refractivity (Wildman–Crippen MR) is 77.5 cm³/mol. The van der Waals surface area contributed by atoms with Crippen LogP contribution in [-0.2, 0) is 0 Å². The van der Waals surface area contributed by atoms with E-state index in [4.69, 9.17) is 11.6 Å². The van der Waals surface area contributed by atoms with E-state index in [1.807, 2.05) is 26.0 Å². The number of aliphatic hydroxyl groups is 1. The molecule has 0 fully saturated rings. The number of hydrogen-bond acceptors (Lipinski definition) is 2. The van der Waals surface area contributed by atoms with E-state index >= 15 is 0 Å². The largest absolute Gasteiger partial charge is 0.389 e. The first-order chi connectivity index (χ1) is 8.47. The Morgan fingerprint density at radius 3 is 2.61 bits per heavy atom. The summed E-state index contributed by atoms with van der Waals surface area (Å²) in [6.45, 7) is 9.42. The fourth-order valence-corrected chi connectivity index (χ4v) is 2.07. The van der Waals surface area contributed by atoms with Gasteiger partial charge in [0.15, 0.2) is 0 Å². The summed E-state index contributed by atoms with van der Waals surface area (Å²) in [6.07, 6.45) is 8.22. The lowest BCUT2D eigenvalue weighted by Gasteiger charge is -2.14. The maximum absolute atomic E-state index is 9.85. The van der Waals surface area contributed by atoms with Gasteiger partial charge in [0, 0.05) is 23.5 Å². The van der Waals surface area contributed by atoms with E-state index in [0.717, 1.165) is 16.7 Å². The number of pyridine rings is 1. The summed E-state index contributed by atoms with van der Waals surface area (Å²) in [5.41, 5.74) is 3.62. The summed E-state index contributed by atoms with van der Waals surface area (Å²) in [6, 6.07) is 0. The summed E-state index contributed by atoms with van der Waals surface area (Å²) in [4.78, 5) is 4.09. The van der Waals surface area contributed by atoms with Crippen molar-refractivity contribution < 1.29 is 5.11 Å². The minimum atomic E-state index is -0.644.